The Morgan fingerprint density at radius 1 is 1.47 bits per heavy atom. The van der Waals surface area contributed by atoms with Gasteiger partial charge in [-0.1, -0.05) is 24.6 Å². The highest BCUT2D eigenvalue weighted by Gasteiger charge is 2.17. The molecular formula is C14H18ClN3O. The van der Waals surface area contributed by atoms with Crippen molar-refractivity contribution in [2.45, 2.75) is 19.9 Å². The summed E-state index contributed by atoms with van der Waals surface area (Å²) in [6.07, 6.45) is 3.42. The number of benzene rings is 1. The van der Waals surface area contributed by atoms with Crippen LogP contribution in [0.25, 0.3) is 5.69 Å². The maximum absolute atomic E-state index is 5.95. The molecule has 0 aliphatic carbocycles. The third-order valence-corrected chi connectivity index (χ3v) is 3.20. The number of nitrogens with zero attached hydrogens (tertiary/aromatic N) is 2. The summed E-state index contributed by atoms with van der Waals surface area (Å²) in [7, 11) is 1.68. The summed E-state index contributed by atoms with van der Waals surface area (Å²) in [5, 5.41) is 8.28. The largest absolute Gasteiger partial charge is 0.496 e. The molecule has 0 aliphatic heterocycles. The van der Waals surface area contributed by atoms with Crippen LogP contribution in [0.5, 0.6) is 5.75 Å². The molecule has 0 saturated heterocycles. The van der Waals surface area contributed by atoms with Gasteiger partial charge in [0.25, 0.3) is 0 Å². The molecule has 4 nitrogen and oxygen atoms in total. The van der Waals surface area contributed by atoms with Gasteiger partial charge in [-0.15, -0.1) is 0 Å². The number of hydrogen-bond donors (Lipinski definition) is 1. The fraction of sp³-hybridized carbons (Fsp3) is 0.357. The van der Waals surface area contributed by atoms with Crippen molar-refractivity contribution < 1.29 is 4.74 Å². The van der Waals surface area contributed by atoms with Gasteiger partial charge in [0.1, 0.15) is 5.75 Å². The molecule has 1 aromatic carbocycles. The summed E-state index contributed by atoms with van der Waals surface area (Å²) < 4.78 is 7.24. The van der Waals surface area contributed by atoms with Gasteiger partial charge in [-0.25, -0.2) is 4.68 Å². The van der Waals surface area contributed by atoms with Crippen molar-refractivity contribution in [3.8, 4) is 11.4 Å². The maximum Gasteiger partial charge on any atom is 0.125 e. The average Bonchev–Trinajstić information content (AvgIpc) is 2.84. The van der Waals surface area contributed by atoms with Gasteiger partial charge in [0.15, 0.2) is 0 Å². The van der Waals surface area contributed by atoms with Crippen molar-refractivity contribution >= 4 is 11.6 Å². The van der Waals surface area contributed by atoms with E-state index in [1.165, 1.54) is 0 Å². The van der Waals surface area contributed by atoms with Gasteiger partial charge in [-0.05, 0) is 25.6 Å². The monoisotopic (exact) mass is 279 g/mol. The predicted octanol–water partition coefficient (Wildman–Crippen LogP) is 3.20. The Morgan fingerprint density at radius 2 is 2.26 bits per heavy atom. The number of ether oxygens (including phenoxy) is 1. The molecule has 19 heavy (non-hydrogen) atoms. The summed E-state index contributed by atoms with van der Waals surface area (Å²) in [4.78, 5) is 0. The van der Waals surface area contributed by atoms with Crippen LogP contribution in [0.4, 0.5) is 0 Å². The minimum atomic E-state index is 0.166. The van der Waals surface area contributed by atoms with Crippen molar-refractivity contribution in [3.05, 3.63) is 41.2 Å². The van der Waals surface area contributed by atoms with Crippen LogP contribution >= 0.6 is 11.6 Å². The van der Waals surface area contributed by atoms with E-state index in [1.807, 2.05) is 18.2 Å². The van der Waals surface area contributed by atoms with Crippen LogP contribution in [0, 0.1) is 0 Å². The van der Waals surface area contributed by atoms with E-state index in [4.69, 9.17) is 16.3 Å². The molecule has 1 unspecified atom stereocenters. The molecule has 0 spiro atoms. The lowest BCUT2D eigenvalue weighted by molar-refractivity contribution is 0.401. The summed E-state index contributed by atoms with van der Waals surface area (Å²) in [6, 6.07) is 6.08. The van der Waals surface area contributed by atoms with E-state index in [9.17, 15) is 0 Å². The molecule has 102 valence electrons. The molecular weight excluding hydrogens is 262 g/mol. The van der Waals surface area contributed by atoms with Crippen molar-refractivity contribution in [1.82, 2.24) is 15.1 Å². The van der Waals surface area contributed by atoms with Crippen LogP contribution in [0.15, 0.2) is 30.6 Å². The molecule has 2 aromatic rings. The second-order valence-electron chi connectivity index (χ2n) is 4.28. The van der Waals surface area contributed by atoms with Gasteiger partial charge in [-0.2, -0.15) is 5.10 Å². The average molecular weight is 280 g/mol. The van der Waals surface area contributed by atoms with Crippen LogP contribution in [-0.2, 0) is 0 Å². The smallest absolute Gasteiger partial charge is 0.125 e. The molecule has 0 radical (unpaired) electrons. The van der Waals surface area contributed by atoms with E-state index in [0.717, 1.165) is 23.5 Å². The van der Waals surface area contributed by atoms with Crippen molar-refractivity contribution in [2.24, 2.45) is 0 Å². The topological polar surface area (TPSA) is 39.1 Å². The zero-order valence-corrected chi connectivity index (χ0v) is 12.1. The van der Waals surface area contributed by atoms with Crippen molar-refractivity contribution in [3.63, 3.8) is 0 Å². The summed E-state index contributed by atoms with van der Waals surface area (Å²) >= 11 is 5.95. The number of aromatic nitrogens is 2. The quantitative estimate of drug-likeness (QED) is 0.913. The first-order chi connectivity index (χ1) is 9.17. The molecule has 1 atom stereocenters. The Balaban J connectivity index is 2.53. The number of halogens is 1. The Bertz CT molecular complexity index is 553. The minimum absolute atomic E-state index is 0.166. The summed E-state index contributed by atoms with van der Waals surface area (Å²) in [5.41, 5.74) is 2.05. The molecule has 0 saturated carbocycles. The molecule has 5 heteroatoms. The Labute approximate surface area is 118 Å². The molecule has 2 rings (SSSR count). The molecule has 0 bridgehead atoms. The number of rotatable bonds is 5. The van der Waals surface area contributed by atoms with Crippen LogP contribution in [0.2, 0.25) is 5.02 Å². The highest BCUT2D eigenvalue weighted by Crippen LogP contribution is 2.31. The van der Waals surface area contributed by atoms with E-state index in [0.29, 0.717) is 5.02 Å². The predicted molar refractivity (Wildman–Crippen MR) is 77.2 cm³/mol. The van der Waals surface area contributed by atoms with E-state index in [1.54, 1.807) is 24.2 Å². The molecule has 1 N–H and O–H groups in total. The molecule has 0 aliphatic rings. The first kappa shape index (κ1) is 13.9. The number of hydrogen-bond acceptors (Lipinski definition) is 3. The number of nitrogens with one attached hydrogen (secondary N) is 1. The number of methoxy groups -OCH3 is 1. The van der Waals surface area contributed by atoms with Crippen LogP contribution in [-0.4, -0.2) is 23.4 Å². The van der Waals surface area contributed by atoms with E-state index in [2.05, 4.69) is 24.3 Å². The van der Waals surface area contributed by atoms with Gasteiger partial charge in [0.2, 0.25) is 0 Å². The van der Waals surface area contributed by atoms with Gasteiger partial charge in [0, 0.05) is 17.8 Å². The molecule has 0 fully saturated rings. The van der Waals surface area contributed by atoms with Gasteiger partial charge in [0.05, 0.1) is 24.0 Å². The van der Waals surface area contributed by atoms with Crippen LogP contribution in [0.1, 0.15) is 25.5 Å². The zero-order valence-electron chi connectivity index (χ0n) is 11.4. The zero-order chi connectivity index (χ0) is 13.8. The normalized spacial score (nSPS) is 12.4. The van der Waals surface area contributed by atoms with Crippen LogP contribution < -0.4 is 10.1 Å². The van der Waals surface area contributed by atoms with Crippen LogP contribution in [0.3, 0.4) is 0 Å². The maximum atomic E-state index is 5.95. The Kier molecular flexibility index (Phi) is 4.45. The van der Waals surface area contributed by atoms with Crippen molar-refractivity contribution in [1.29, 1.82) is 0 Å². The van der Waals surface area contributed by atoms with E-state index in [-0.39, 0.29) is 6.04 Å². The van der Waals surface area contributed by atoms with E-state index < -0.39 is 0 Å². The first-order valence-electron chi connectivity index (χ1n) is 6.28. The van der Waals surface area contributed by atoms with Gasteiger partial charge < -0.3 is 10.1 Å². The highest BCUT2D eigenvalue weighted by molar-refractivity contribution is 6.30. The fourth-order valence-electron chi connectivity index (χ4n) is 2.19. The second kappa shape index (κ2) is 6.08. The highest BCUT2D eigenvalue weighted by atomic mass is 35.5. The molecule has 0 amide bonds. The van der Waals surface area contributed by atoms with Gasteiger partial charge >= 0.3 is 0 Å². The standard InChI is InChI=1S/C14H18ClN3O/c1-4-16-10(2)14-12(6-5-7-13(14)19-3)18-9-11(15)8-17-18/h5-10,16H,4H2,1-3H3. The fourth-order valence-corrected chi connectivity index (χ4v) is 2.32. The Morgan fingerprint density at radius 3 is 2.84 bits per heavy atom. The van der Waals surface area contributed by atoms with E-state index >= 15 is 0 Å². The Hall–Kier alpha value is -1.52. The summed E-state index contributed by atoms with van der Waals surface area (Å²) in [6.45, 7) is 5.07. The lowest BCUT2D eigenvalue weighted by atomic mass is 10.0. The molecule has 1 heterocycles. The summed E-state index contributed by atoms with van der Waals surface area (Å²) in [5.74, 6) is 0.845. The third kappa shape index (κ3) is 2.91. The lowest BCUT2D eigenvalue weighted by Crippen LogP contribution is -2.20. The second-order valence-corrected chi connectivity index (χ2v) is 4.71. The third-order valence-electron chi connectivity index (χ3n) is 3.00. The minimum Gasteiger partial charge on any atom is -0.496 e. The first-order valence-corrected chi connectivity index (χ1v) is 6.66. The molecule has 1 aromatic heterocycles. The van der Waals surface area contributed by atoms with Gasteiger partial charge in [-0.3, -0.25) is 0 Å². The van der Waals surface area contributed by atoms with Crippen molar-refractivity contribution in [2.75, 3.05) is 13.7 Å². The SMILES string of the molecule is CCNC(C)c1c(OC)cccc1-n1cc(Cl)cn1. The lowest BCUT2D eigenvalue weighted by Gasteiger charge is -2.20.